The van der Waals surface area contributed by atoms with Crippen LogP contribution in [-0.4, -0.2) is 62.2 Å². The molecule has 9 nitrogen and oxygen atoms in total. The normalized spacial score (nSPS) is 20.2. The van der Waals surface area contributed by atoms with Crippen molar-refractivity contribution in [2.75, 3.05) is 40.6 Å². The number of amides is 1. The van der Waals surface area contributed by atoms with Gasteiger partial charge in [0.05, 0.1) is 31.9 Å². The molecule has 0 saturated heterocycles. The molecule has 1 N–H and O–H groups in total. The minimum Gasteiger partial charge on any atom is -0.493 e. The van der Waals surface area contributed by atoms with E-state index < -0.39 is 12.0 Å². The lowest BCUT2D eigenvalue weighted by Gasteiger charge is -2.38. The van der Waals surface area contributed by atoms with Crippen molar-refractivity contribution in [2.45, 2.75) is 25.3 Å². The molecule has 2 atom stereocenters. The van der Waals surface area contributed by atoms with Gasteiger partial charge in [0.15, 0.2) is 23.0 Å². The van der Waals surface area contributed by atoms with Gasteiger partial charge in [-0.3, -0.25) is 9.59 Å². The van der Waals surface area contributed by atoms with Gasteiger partial charge in [0.1, 0.15) is 0 Å². The summed E-state index contributed by atoms with van der Waals surface area (Å²) in [4.78, 5) is 33.6. The molecule has 5 rings (SSSR count). The van der Waals surface area contributed by atoms with Gasteiger partial charge < -0.3 is 29.2 Å². The molecular formula is C23H25N3O6. The topological polar surface area (TPSA) is 99.2 Å². The zero-order valence-corrected chi connectivity index (χ0v) is 18.3. The highest BCUT2D eigenvalue weighted by atomic mass is 16.7. The molecule has 1 aliphatic carbocycles. The quantitative estimate of drug-likeness (QED) is 0.656. The Hall–Kier alpha value is -3.33. The number of nitrogens with zero attached hydrogens (tertiary/aromatic N) is 2. The number of fused-ring (bicyclic) bond motifs is 6. The largest absolute Gasteiger partial charge is 0.493 e. The summed E-state index contributed by atoms with van der Waals surface area (Å²) < 4.78 is 21.8. The highest BCUT2D eigenvalue weighted by molar-refractivity contribution is 6.11. The van der Waals surface area contributed by atoms with E-state index in [0.717, 1.165) is 19.5 Å². The smallest absolute Gasteiger partial charge is 0.260 e. The van der Waals surface area contributed by atoms with Crippen LogP contribution < -0.4 is 24.3 Å². The molecule has 0 bridgehead atoms. The average Bonchev–Trinajstić information content (AvgIpc) is 3.38. The first kappa shape index (κ1) is 20.6. The van der Waals surface area contributed by atoms with Crippen LogP contribution in [0.4, 0.5) is 0 Å². The minimum absolute atomic E-state index is 0.0681. The Labute approximate surface area is 185 Å². The second kappa shape index (κ2) is 7.98. The first-order valence-electron chi connectivity index (χ1n) is 10.7. The second-order valence-corrected chi connectivity index (χ2v) is 7.92. The molecule has 1 amide bonds. The maximum atomic E-state index is 13.7. The monoisotopic (exact) mass is 439 g/mol. The van der Waals surface area contributed by atoms with E-state index in [1.54, 1.807) is 23.1 Å². The Kier molecular flexibility index (Phi) is 5.13. The fourth-order valence-corrected chi connectivity index (χ4v) is 4.79. The summed E-state index contributed by atoms with van der Waals surface area (Å²) in [6, 6.07) is 4.59. The molecule has 0 fully saturated rings. The predicted octanol–water partition coefficient (Wildman–Crippen LogP) is 2.30. The Morgan fingerprint density at radius 1 is 1.12 bits per heavy atom. The van der Waals surface area contributed by atoms with Gasteiger partial charge >= 0.3 is 0 Å². The maximum absolute atomic E-state index is 13.7. The number of hydrogen-bond acceptors (Lipinski definition) is 8. The van der Waals surface area contributed by atoms with Crippen LogP contribution in [0, 0.1) is 0 Å². The Morgan fingerprint density at radius 2 is 1.91 bits per heavy atom. The van der Waals surface area contributed by atoms with Crippen LogP contribution in [0.2, 0.25) is 0 Å². The number of Topliss-reactive ketones (excluding diaryl/α,β-unsaturated/α-hetero) is 1. The second-order valence-electron chi connectivity index (χ2n) is 7.92. The zero-order valence-electron chi connectivity index (χ0n) is 18.3. The van der Waals surface area contributed by atoms with Crippen molar-refractivity contribution in [1.29, 1.82) is 0 Å². The summed E-state index contributed by atoms with van der Waals surface area (Å²) in [6.07, 6.45) is 0.750. The lowest BCUT2D eigenvalue weighted by Crippen LogP contribution is -2.43. The standard InChI is InChI=1S/C23H25N3O6/c1-4-24-6-5-7-26-20-18(12-8-15(29-2)16(30-3)9-13(12)23(26)28)21(27)14-10-17-22(25-19(14)20)32-11-31-17/h8-10,18,20,24H,4-7,11H2,1-3H3. The molecule has 1 aromatic carbocycles. The van der Waals surface area contributed by atoms with E-state index in [1.165, 1.54) is 14.2 Å². The van der Waals surface area contributed by atoms with E-state index in [0.29, 0.717) is 52.1 Å². The minimum atomic E-state index is -0.577. The van der Waals surface area contributed by atoms with Gasteiger partial charge in [0.2, 0.25) is 6.79 Å². The van der Waals surface area contributed by atoms with E-state index in [4.69, 9.17) is 18.9 Å². The van der Waals surface area contributed by atoms with Crippen LogP contribution in [0.3, 0.4) is 0 Å². The van der Waals surface area contributed by atoms with Crippen molar-refractivity contribution in [2.24, 2.45) is 0 Å². The molecule has 2 aliphatic heterocycles. The van der Waals surface area contributed by atoms with Crippen LogP contribution in [-0.2, 0) is 0 Å². The van der Waals surface area contributed by atoms with Gasteiger partial charge in [-0.25, -0.2) is 4.98 Å². The number of pyridine rings is 1. The summed E-state index contributed by atoms with van der Waals surface area (Å²) in [6.45, 7) is 4.22. The average molecular weight is 439 g/mol. The number of ketones is 1. The summed E-state index contributed by atoms with van der Waals surface area (Å²) in [7, 11) is 3.06. The predicted molar refractivity (Wildman–Crippen MR) is 114 cm³/mol. The Bertz CT molecular complexity index is 1100. The number of carbonyl (C=O) groups is 2. The highest BCUT2D eigenvalue weighted by Crippen LogP contribution is 2.53. The molecular weight excluding hydrogens is 414 g/mol. The number of aromatic nitrogens is 1. The number of benzene rings is 1. The summed E-state index contributed by atoms with van der Waals surface area (Å²) in [5.41, 5.74) is 2.11. The van der Waals surface area contributed by atoms with Gasteiger partial charge in [-0.1, -0.05) is 6.92 Å². The lowest BCUT2D eigenvalue weighted by atomic mass is 9.83. The van der Waals surface area contributed by atoms with Gasteiger partial charge in [0.25, 0.3) is 11.8 Å². The van der Waals surface area contributed by atoms with Crippen LogP contribution >= 0.6 is 0 Å². The fraction of sp³-hybridized carbons (Fsp3) is 0.435. The van der Waals surface area contributed by atoms with E-state index in [9.17, 15) is 9.59 Å². The highest BCUT2D eigenvalue weighted by Gasteiger charge is 2.52. The number of carbonyl (C=O) groups excluding carboxylic acids is 2. The first-order valence-corrected chi connectivity index (χ1v) is 10.7. The van der Waals surface area contributed by atoms with Crippen LogP contribution in [0.5, 0.6) is 23.1 Å². The molecule has 2 unspecified atom stereocenters. The molecule has 3 aliphatic rings. The molecule has 168 valence electrons. The number of nitrogens with one attached hydrogen (secondary N) is 1. The van der Waals surface area contributed by atoms with Crippen molar-refractivity contribution >= 4 is 11.7 Å². The number of methoxy groups -OCH3 is 2. The Balaban J connectivity index is 1.64. The van der Waals surface area contributed by atoms with Crippen LogP contribution in [0.1, 0.15) is 57.3 Å². The third-order valence-electron chi connectivity index (χ3n) is 6.26. The van der Waals surface area contributed by atoms with Gasteiger partial charge in [-0.15, -0.1) is 0 Å². The molecule has 2 aromatic rings. The third-order valence-corrected chi connectivity index (χ3v) is 6.26. The molecule has 0 spiro atoms. The molecule has 0 saturated carbocycles. The Morgan fingerprint density at radius 3 is 2.66 bits per heavy atom. The van der Waals surface area contributed by atoms with Crippen molar-refractivity contribution in [3.05, 3.63) is 40.6 Å². The SMILES string of the molecule is CCNCCCN1C(=O)c2cc(OC)c(OC)cc2C2C(=O)c3cc4c(nc3C21)OCO4. The number of ether oxygens (including phenoxy) is 4. The van der Waals surface area contributed by atoms with Gasteiger partial charge in [-0.2, -0.15) is 0 Å². The zero-order chi connectivity index (χ0) is 22.4. The van der Waals surface area contributed by atoms with Crippen molar-refractivity contribution in [3.8, 4) is 23.1 Å². The summed E-state index contributed by atoms with van der Waals surface area (Å²) in [5.74, 6) is 0.916. The molecule has 1 aromatic heterocycles. The van der Waals surface area contributed by atoms with Crippen LogP contribution in [0.25, 0.3) is 0 Å². The summed E-state index contributed by atoms with van der Waals surface area (Å²) in [5, 5.41) is 3.28. The summed E-state index contributed by atoms with van der Waals surface area (Å²) >= 11 is 0. The molecule has 32 heavy (non-hydrogen) atoms. The first-order chi connectivity index (χ1) is 15.6. The maximum Gasteiger partial charge on any atom is 0.260 e. The van der Waals surface area contributed by atoms with E-state index in [-0.39, 0.29) is 18.5 Å². The van der Waals surface area contributed by atoms with Gasteiger partial charge in [-0.05, 0) is 43.3 Å². The van der Waals surface area contributed by atoms with Gasteiger partial charge in [0, 0.05) is 17.7 Å². The van der Waals surface area contributed by atoms with Crippen molar-refractivity contribution < 1.29 is 28.5 Å². The molecule has 9 heteroatoms. The molecule has 0 radical (unpaired) electrons. The lowest BCUT2D eigenvalue weighted by molar-refractivity contribution is 0.0599. The number of rotatable bonds is 7. The van der Waals surface area contributed by atoms with Crippen molar-refractivity contribution in [1.82, 2.24) is 15.2 Å². The number of hydrogen-bond donors (Lipinski definition) is 1. The molecule has 3 heterocycles. The van der Waals surface area contributed by atoms with Crippen molar-refractivity contribution in [3.63, 3.8) is 0 Å². The van der Waals surface area contributed by atoms with E-state index in [2.05, 4.69) is 10.3 Å². The van der Waals surface area contributed by atoms with E-state index in [1.807, 2.05) is 6.92 Å². The fourth-order valence-electron chi connectivity index (χ4n) is 4.79. The van der Waals surface area contributed by atoms with E-state index >= 15 is 0 Å². The third kappa shape index (κ3) is 2.99. The van der Waals surface area contributed by atoms with Crippen LogP contribution in [0.15, 0.2) is 18.2 Å².